The Morgan fingerprint density at radius 1 is 1.56 bits per heavy atom. The van der Waals surface area contributed by atoms with Crippen LogP contribution in [0.1, 0.15) is 25.5 Å². The van der Waals surface area contributed by atoms with Gasteiger partial charge in [-0.25, -0.2) is 0 Å². The van der Waals surface area contributed by atoms with E-state index in [0.717, 1.165) is 30.8 Å². The summed E-state index contributed by atoms with van der Waals surface area (Å²) < 4.78 is 0. The Labute approximate surface area is 107 Å². The van der Waals surface area contributed by atoms with Crippen molar-refractivity contribution < 1.29 is 4.79 Å². The van der Waals surface area contributed by atoms with Crippen LogP contribution in [0.2, 0.25) is 0 Å². The summed E-state index contributed by atoms with van der Waals surface area (Å²) in [5, 5.41) is 0. The number of hydrazine groups is 1. The van der Waals surface area contributed by atoms with Gasteiger partial charge < -0.3 is 11.2 Å². The van der Waals surface area contributed by atoms with Crippen LogP contribution in [0.25, 0.3) is 0 Å². The van der Waals surface area contributed by atoms with Crippen molar-refractivity contribution in [2.75, 3.05) is 18.5 Å². The summed E-state index contributed by atoms with van der Waals surface area (Å²) in [5.41, 5.74) is 9.48. The predicted octanol–water partition coefficient (Wildman–Crippen LogP) is 0.455. The van der Waals surface area contributed by atoms with Crippen molar-refractivity contribution in [1.82, 2.24) is 9.88 Å². The Balaban J connectivity index is 2.65. The van der Waals surface area contributed by atoms with Crippen molar-refractivity contribution in [3.8, 4) is 0 Å². The van der Waals surface area contributed by atoms with Crippen molar-refractivity contribution in [3.05, 3.63) is 24.0 Å². The van der Waals surface area contributed by atoms with Gasteiger partial charge in [-0.2, -0.15) is 0 Å². The van der Waals surface area contributed by atoms with Gasteiger partial charge in [-0.15, -0.1) is 0 Å². The van der Waals surface area contributed by atoms with Crippen molar-refractivity contribution in [2.24, 2.45) is 11.6 Å². The van der Waals surface area contributed by atoms with Gasteiger partial charge in [0.25, 0.3) is 0 Å². The van der Waals surface area contributed by atoms with E-state index < -0.39 is 0 Å². The first-order valence-electron chi connectivity index (χ1n) is 6.08. The lowest BCUT2D eigenvalue weighted by molar-refractivity contribution is -0.119. The van der Waals surface area contributed by atoms with Gasteiger partial charge >= 0.3 is 0 Å². The fourth-order valence-electron chi connectivity index (χ4n) is 1.70. The largest absolute Gasteiger partial charge is 0.369 e. The highest BCUT2D eigenvalue weighted by molar-refractivity contribution is 5.75. The van der Waals surface area contributed by atoms with Crippen LogP contribution < -0.4 is 17.0 Å². The number of nitrogens with two attached hydrogens (primary N) is 2. The van der Waals surface area contributed by atoms with Gasteiger partial charge in [-0.05, 0) is 25.1 Å². The van der Waals surface area contributed by atoms with E-state index in [9.17, 15) is 4.79 Å². The summed E-state index contributed by atoms with van der Waals surface area (Å²) in [4.78, 5) is 17.3. The first-order chi connectivity index (χ1) is 8.65. The van der Waals surface area contributed by atoms with Crippen LogP contribution in [0.5, 0.6) is 0 Å². The van der Waals surface area contributed by atoms with Gasteiger partial charge in [-0.1, -0.05) is 13.3 Å². The number of anilines is 1. The summed E-state index contributed by atoms with van der Waals surface area (Å²) in [6.07, 6.45) is 3.79. The maximum absolute atomic E-state index is 11.0. The Kier molecular flexibility index (Phi) is 6.10. The fraction of sp³-hybridized carbons (Fsp3) is 0.500. The lowest BCUT2D eigenvalue weighted by Crippen LogP contribution is -2.34. The first kappa shape index (κ1) is 14.4. The third-order valence-electron chi connectivity index (χ3n) is 2.58. The van der Waals surface area contributed by atoms with Crippen LogP contribution in [-0.2, 0) is 11.3 Å². The number of hydrogen-bond acceptors (Lipinski definition) is 5. The van der Waals surface area contributed by atoms with Crippen LogP contribution in [-0.4, -0.2) is 28.9 Å². The highest BCUT2D eigenvalue weighted by Gasteiger charge is 2.09. The Hall–Kier alpha value is -1.66. The number of pyridine rings is 1. The number of nitrogens with zero attached hydrogens (tertiary/aromatic N) is 2. The van der Waals surface area contributed by atoms with E-state index in [1.54, 1.807) is 12.3 Å². The third kappa shape index (κ3) is 5.11. The van der Waals surface area contributed by atoms with Crippen LogP contribution >= 0.6 is 0 Å². The van der Waals surface area contributed by atoms with Crippen LogP contribution in [0, 0.1) is 0 Å². The molecule has 1 amide bonds. The van der Waals surface area contributed by atoms with E-state index in [1.807, 2.05) is 11.0 Å². The van der Waals surface area contributed by atoms with Gasteiger partial charge in [-0.3, -0.25) is 20.5 Å². The molecule has 1 rings (SSSR count). The van der Waals surface area contributed by atoms with Crippen LogP contribution in [0.3, 0.4) is 0 Å². The topological polar surface area (TPSA) is 97.3 Å². The van der Waals surface area contributed by atoms with E-state index in [2.05, 4.69) is 17.3 Å². The van der Waals surface area contributed by atoms with E-state index in [1.165, 1.54) is 0 Å². The van der Waals surface area contributed by atoms with Gasteiger partial charge in [0.05, 0.1) is 17.9 Å². The molecular weight excluding hydrogens is 230 g/mol. The van der Waals surface area contributed by atoms with Gasteiger partial charge in [0.15, 0.2) is 0 Å². The van der Waals surface area contributed by atoms with E-state index in [4.69, 9.17) is 11.6 Å². The van der Waals surface area contributed by atoms with Crippen molar-refractivity contribution >= 4 is 11.6 Å². The molecule has 0 aliphatic rings. The molecule has 1 heterocycles. The second kappa shape index (κ2) is 7.62. The maximum atomic E-state index is 11.0. The molecule has 6 heteroatoms. The van der Waals surface area contributed by atoms with Gasteiger partial charge in [0, 0.05) is 12.7 Å². The summed E-state index contributed by atoms with van der Waals surface area (Å²) in [6.45, 7) is 3.79. The minimum atomic E-state index is -0.320. The molecule has 1 aromatic rings. The van der Waals surface area contributed by atoms with Crippen molar-refractivity contribution in [2.45, 2.75) is 26.3 Å². The molecular formula is C12H21N5O. The van der Waals surface area contributed by atoms with Crippen molar-refractivity contribution in [3.63, 3.8) is 0 Å². The van der Waals surface area contributed by atoms with Crippen LogP contribution in [0.15, 0.2) is 18.3 Å². The maximum Gasteiger partial charge on any atom is 0.231 e. The smallest absolute Gasteiger partial charge is 0.231 e. The zero-order chi connectivity index (χ0) is 13.4. The zero-order valence-corrected chi connectivity index (χ0v) is 10.7. The number of nitrogens with one attached hydrogen (secondary N) is 1. The van der Waals surface area contributed by atoms with E-state index >= 15 is 0 Å². The lowest BCUT2D eigenvalue weighted by atomic mass is 10.2. The molecule has 5 N–H and O–H groups in total. The monoisotopic (exact) mass is 251 g/mol. The van der Waals surface area contributed by atoms with Crippen molar-refractivity contribution in [1.29, 1.82) is 0 Å². The van der Waals surface area contributed by atoms with Crippen LogP contribution in [0.4, 0.5) is 5.69 Å². The summed E-state index contributed by atoms with van der Waals surface area (Å²) in [7, 11) is 0. The number of nitrogen functional groups attached to an aromatic ring is 1. The summed E-state index contributed by atoms with van der Waals surface area (Å²) in [5.74, 6) is 5.02. The second-order valence-electron chi connectivity index (χ2n) is 4.21. The second-order valence-corrected chi connectivity index (χ2v) is 4.21. The molecule has 0 fully saturated rings. The molecule has 100 valence electrons. The third-order valence-corrected chi connectivity index (χ3v) is 2.58. The molecule has 1 aromatic heterocycles. The predicted molar refractivity (Wildman–Crippen MR) is 71.4 cm³/mol. The Bertz CT molecular complexity index is 382. The number of primary amides is 1. The van der Waals surface area contributed by atoms with E-state index in [0.29, 0.717) is 6.54 Å². The molecule has 6 nitrogen and oxygen atoms in total. The summed E-state index contributed by atoms with van der Waals surface area (Å²) >= 11 is 0. The number of carbonyl (C=O) groups excluding carboxylic acids is 1. The number of aromatic nitrogens is 1. The van der Waals surface area contributed by atoms with E-state index in [-0.39, 0.29) is 12.5 Å². The molecule has 0 aliphatic carbocycles. The molecule has 0 spiro atoms. The Morgan fingerprint density at radius 2 is 2.33 bits per heavy atom. The summed E-state index contributed by atoms with van der Waals surface area (Å²) in [6, 6.07) is 3.65. The normalized spacial score (nSPS) is 10.6. The number of amides is 1. The number of unbranched alkanes of at least 4 members (excludes halogenated alkanes) is 1. The average molecular weight is 251 g/mol. The molecule has 0 aliphatic heterocycles. The average Bonchev–Trinajstić information content (AvgIpc) is 2.35. The SMILES string of the molecule is CCCCN(CC(N)=O)Cc1cc(NN)ccn1. The number of rotatable bonds is 8. The minimum Gasteiger partial charge on any atom is -0.369 e. The molecule has 0 atom stereocenters. The standard InChI is InChI=1S/C12H21N5O/c1-2-3-6-17(9-12(13)18)8-11-7-10(16-14)4-5-15-11/h4-5,7H,2-3,6,8-9,14H2,1H3,(H2,13,18)(H,15,16). The lowest BCUT2D eigenvalue weighted by Gasteiger charge is -2.20. The molecule has 0 saturated carbocycles. The first-order valence-corrected chi connectivity index (χ1v) is 6.08. The molecule has 0 unspecified atom stereocenters. The number of carbonyl (C=O) groups is 1. The fourth-order valence-corrected chi connectivity index (χ4v) is 1.70. The highest BCUT2D eigenvalue weighted by Crippen LogP contribution is 2.09. The molecule has 0 bridgehead atoms. The Morgan fingerprint density at radius 3 is 2.94 bits per heavy atom. The molecule has 0 saturated heterocycles. The zero-order valence-electron chi connectivity index (χ0n) is 10.7. The van der Waals surface area contributed by atoms with Gasteiger partial charge in [0.1, 0.15) is 0 Å². The molecule has 0 radical (unpaired) electrons. The molecule has 18 heavy (non-hydrogen) atoms. The quantitative estimate of drug-likeness (QED) is 0.460. The molecule has 0 aromatic carbocycles. The number of hydrogen-bond donors (Lipinski definition) is 3. The highest BCUT2D eigenvalue weighted by atomic mass is 16.1. The van der Waals surface area contributed by atoms with Gasteiger partial charge in [0.2, 0.25) is 5.91 Å². The minimum absolute atomic E-state index is 0.252.